The molecular weight excluding hydrogens is 421 g/mol. The van der Waals surface area contributed by atoms with Crippen molar-refractivity contribution in [2.75, 3.05) is 19.8 Å². The normalized spacial score (nSPS) is 28.5. The lowest BCUT2D eigenvalue weighted by molar-refractivity contribution is -0.142. The van der Waals surface area contributed by atoms with E-state index < -0.39 is 23.3 Å². The summed E-state index contributed by atoms with van der Waals surface area (Å²) in [5.74, 6) is 0.0108. The molecule has 5 nitrogen and oxygen atoms in total. The Kier molecular flexibility index (Phi) is 6.29. The van der Waals surface area contributed by atoms with E-state index in [1.165, 1.54) is 12.1 Å². The zero-order valence-electron chi connectivity index (χ0n) is 18.5. The minimum atomic E-state index is -4.40. The molecule has 1 aliphatic carbocycles. The Morgan fingerprint density at radius 1 is 1.28 bits per heavy atom. The Bertz CT molecular complexity index is 899. The lowest BCUT2D eigenvalue weighted by atomic mass is 9.75. The number of nitrogens with zero attached hydrogens (tertiary/aromatic N) is 1. The first-order valence-corrected chi connectivity index (χ1v) is 11.3. The summed E-state index contributed by atoms with van der Waals surface area (Å²) in [6.45, 7) is 5.61. The molecule has 0 aromatic heterocycles. The molecule has 4 rings (SSSR count). The molecule has 1 amide bonds. The fourth-order valence-corrected chi connectivity index (χ4v) is 5.11. The van der Waals surface area contributed by atoms with Crippen LogP contribution in [-0.2, 0) is 28.7 Å². The van der Waals surface area contributed by atoms with Gasteiger partial charge in [0.15, 0.2) is 0 Å². The maximum absolute atomic E-state index is 13.7. The predicted octanol–water partition coefficient (Wildman–Crippen LogP) is 3.65. The highest BCUT2D eigenvalue weighted by molar-refractivity contribution is 5.86. The number of ether oxygens (including phenoxy) is 1. The number of rotatable bonds is 4. The quantitative estimate of drug-likeness (QED) is 0.732. The molecule has 176 valence electrons. The SMILES string of the molecule is CC(C)[C@@]1(C(=O)N2CCc3ccc(C(F)(F)F)cc3C2)C=C(NC2CCOCC2O)CC1. The molecule has 3 atom stereocenters. The fraction of sp³-hybridized carbons (Fsp3) is 0.625. The van der Waals surface area contributed by atoms with Crippen LogP contribution in [0.1, 0.15) is 49.8 Å². The number of aliphatic hydroxyl groups is 1. The van der Waals surface area contributed by atoms with Crippen molar-refractivity contribution in [3.05, 3.63) is 46.7 Å². The predicted molar refractivity (Wildman–Crippen MR) is 114 cm³/mol. The van der Waals surface area contributed by atoms with E-state index in [0.717, 1.165) is 17.3 Å². The Morgan fingerprint density at radius 3 is 2.75 bits per heavy atom. The number of aliphatic hydroxyl groups excluding tert-OH is 1. The zero-order chi connectivity index (χ0) is 23.1. The number of halogens is 3. The van der Waals surface area contributed by atoms with Crippen LogP contribution in [0.4, 0.5) is 13.2 Å². The molecule has 1 aromatic rings. The van der Waals surface area contributed by atoms with Gasteiger partial charge in [-0.3, -0.25) is 4.79 Å². The minimum absolute atomic E-state index is 0.0279. The Hall–Kier alpha value is -2.06. The first-order chi connectivity index (χ1) is 15.1. The summed E-state index contributed by atoms with van der Waals surface area (Å²) in [5.41, 5.74) is 1.03. The second-order valence-corrected chi connectivity index (χ2v) is 9.50. The van der Waals surface area contributed by atoms with E-state index in [-0.39, 0.29) is 24.4 Å². The van der Waals surface area contributed by atoms with Gasteiger partial charge >= 0.3 is 6.18 Å². The highest BCUT2D eigenvalue weighted by atomic mass is 19.4. The van der Waals surface area contributed by atoms with Crippen molar-refractivity contribution in [3.8, 4) is 0 Å². The van der Waals surface area contributed by atoms with Gasteiger partial charge in [0.05, 0.1) is 29.7 Å². The van der Waals surface area contributed by atoms with E-state index in [4.69, 9.17) is 4.74 Å². The van der Waals surface area contributed by atoms with Crippen molar-refractivity contribution in [1.82, 2.24) is 10.2 Å². The molecule has 1 saturated heterocycles. The third-order valence-electron chi connectivity index (χ3n) is 7.20. The number of alkyl halides is 3. The first kappa shape index (κ1) is 23.1. The largest absolute Gasteiger partial charge is 0.416 e. The average Bonchev–Trinajstić information content (AvgIpc) is 3.19. The van der Waals surface area contributed by atoms with Gasteiger partial charge in [-0.05, 0) is 60.9 Å². The molecule has 2 aliphatic heterocycles. The summed E-state index contributed by atoms with van der Waals surface area (Å²) in [5, 5.41) is 13.6. The van der Waals surface area contributed by atoms with Crippen LogP contribution in [0, 0.1) is 11.3 Å². The molecule has 8 heteroatoms. The highest BCUT2D eigenvalue weighted by Crippen LogP contribution is 2.44. The summed E-state index contributed by atoms with van der Waals surface area (Å²) >= 11 is 0. The molecule has 2 heterocycles. The molecule has 0 bridgehead atoms. The number of hydrogen-bond donors (Lipinski definition) is 2. The second kappa shape index (κ2) is 8.71. The third kappa shape index (κ3) is 4.39. The van der Waals surface area contributed by atoms with Crippen LogP contribution in [-0.4, -0.2) is 47.8 Å². The average molecular weight is 453 g/mol. The first-order valence-electron chi connectivity index (χ1n) is 11.3. The maximum atomic E-state index is 13.7. The van der Waals surface area contributed by atoms with Crippen LogP contribution in [0.25, 0.3) is 0 Å². The van der Waals surface area contributed by atoms with Gasteiger partial charge in [-0.2, -0.15) is 13.2 Å². The molecule has 32 heavy (non-hydrogen) atoms. The molecule has 0 saturated carbocycles. The van der Waals surface area contributed by atoms with Gasteiger partial charge in [-0.15, -0.1) is 0 Å². The number of fused-ring (bicyclic) bond motifs is 1. The standard InChI is InChI=1S/C24H31F3N2O3/c1-15(2)23(8-5-19(12-23)28-20-7-10-32-14-21(20)30)22(31)29-9-6-16-3-4-18(24(25,26)27)11-17(16)13-29/h3-4,11-12,15,20-21,28,30H,5-10,13-14H2,1-2H3/t20?,21?,23-/m0/s1. The van der Waals surface area contributed by atoms with E-state index >= 15 is 0 Å². The molecule has 1 aromatic carbocycles. The highest BCUT2D eigenvalue weighted by Gasteiger charge is 2.46. The van der Waals surface area contributed by atoms with E-state index in [2.05, 4.69) is 5.32 Å². The van der Waals surface area contributed by atoms with Crippen LogP contribution in [0.5, 0.6) is 0 Å². The fourth-order valence-electron chi connectivity index (χ4n) is 5.11. The van der Waals surface area contributed by atoms with Crippen molar-refractivity contribution in [1.29, 1.82) is 0 Å². The van der Waals surface area contributed by atoms with E-state index in [1.54, 1.807) is 4.90 Å². The van der Waals surface area contributed by atoms with Crippen LogP contribution >= 0.6 is 0 Å². The molecule has 1 fully saturated rings. The van der Waals surface area contributed by atoms with Crippen LogP contribution < -0.4 is 5.32 Å². The number of allylic oxidation sites excluding steroid dienone is 1. The number of amides is 1. The Balaban J connectivity index is 1.53. The number of nitrogens with one attached hydrogen (secondary N) is 1. The van der Waals surface area contributed by atoms with Gasteiger partial charge in [-0.1, -0.05) is 19.9 Å². The number of benzene rings is 1. The van der Waals surface area contributed by atoms with Crippen molar-refractivity contribution in [2.24, 2.45) is 11.3 Å². The number of carbonyl (C=O) groups is 1. The van der Waals surface area contributed by atoms with Crippen molar-refractivity contribution < 1.29 is 27.8 Å². The zero-order valence-corrected chi connectivity index (χ0v) is 18.5. The summed E-state index contributed by atoms with van der Waals surface area (Å²) in [6.07, 6.45) is -0.375. The monoisotopic (exact) mass is 452 g/mol. The summed E-state index contributed by atoms with van der Waals surface area (Å²) in [4.78, 5) is 15.4. The maximum Gasteiger partial charge on any atom is 0.416 e. The van der Waals surface area contributed by atoms with E-state index in [9.17, 15) is 23.1 Å². The molecule has 2 unspecified atom stereocenters. The second-order valence-electron chi connectivity index (χ2n) is 9.50. The van der Waals surface area contributed by atoms with Crippen LogP contribution in [0.15, 0.2) is 30.0 Å². The minimum Gasteiger partial charge on any atom is -0.389 e. The molecule has 0 spiro atoms. The molecular formula is C24H31F3N2O3. The van der Waals surface area contributed by atoms with E-state index in [0.29, 0.717) is 51.0 Å². The number of hydrogen-bond acceptors (Lipinski definition) is 4. The van der Waals surface area contributed by atoms with Gasteiger partial charge < -0.3 is 20.1 Å². The van der Waals surface area contributed by atoms with Crippen molar-refractivity contribution in [3.63, 3.8) is 0 Å². The topological polar surface area (TPSA) is 61.8 Å². The molecule has 0 radical (unpaired) electrons. The third-order valence-corrected chi connectivity index (χ3v) is 7.20. The lowest BCUT2D eigenvalue weighted by Gasteiger charge is -2.38. The van der Waals surface area contributed by atoms with Crippen LogP contribution in [0.3, 0.4) is 0 Å². The van der Waals surface area contributed by atoms with Gasteiger partial charge in [0.1, 0.15) is 0 Å². The van der Waals surface area contributed by atoms with Crippen molar-refractivity contribution >= 4 is 5.91 Å². The summed E-state index contributed by atoms with van der Waals surface area (Å²) in [7, 11) is 0. The van der Waals surface area contributed by atoms with E-state index in [1.807, 2.05) is 19.9 Å². The summed E-state index contributed by atoms with van der Waals surface area (Å²) < 4.78 is 44.8. The van der Waals surface area contributed by atoms with Crippen molar-refractivity contribution in [2.45, 2.75) is 64.4 Å². The van der Waals surface area contributed by atoms with Crippen LogP contribution in [0.2, 0.25) is 0 Å². The Morgan fingerprint density at radius 2 is 2.06 bits per heavy atom. The molecule has 3 aliphatic rings. The Labute approximate surface area is 186 Å². The molecule has 2 N–H and O–H groups in total. The van der Waals surface area contributed by atoms with Gasteiger partial charge in [0, 0.05) is 25.4 Å². The lowest BCUT2D eigenvalue weighted by Crippen LogP contribution is -2.47. The van der Waals surface area contributed by atoms with Gasteiger partial charge in [-0.25, -0.2) is 0 Å². The smallest absolute Gasteiger partial charge is 0.389 e. The summed E-state index contributed by atoms with van der Waals surface area (Å²) in [6, 6.07) is 3.74. The van der Waals surface area contributed by atoms with Gasteiger partial charge in [0.25, 0.3) is 0 Å². The number of carbonyl (C=O) groups excluding carboxylic acids is 1. The van der Waals surface area contributed by atoms with Gasteiger partial charge in [0.2, 0.25) is 5.91 Å².